The molecule has 160 valence electrons. The molecule has 0 bridgehead atoms. The lowest BCUT2D eigenvalue weighted by atomic mass is 9.97. The molecule has 0 spiro atoms. The Kier molecular flexibility index (Phi) is 5.70. The molecule has 0 atom stereocenters. The summed E-state index contributed by atoms with van der Waals surface area (Å²) in [5.74, 6) is 0.781. The topological polar surface area (TPSA) is 105 Å². The number of benzene rings is 2. The van der Waals surface area contributed by atoms with Crippen LogP contribution in [-0.4, -0.2) is 52.0 Å². The number of carbonyl (C=O) groups excluding carboxylic acids is 2. The van der Waals surface area contributed by atoms with Gasteiger partial charge in [-0.3, -0.25) is 9.59 Å². The molecule has 0 fully saturated rings. The van der Waals surface area contributed by atoms with Crippen molar-refractivity contribution < 1.29 is 19.4 Å². The van der Waals surface area contributed by atoms with Crippen LogP contribution in [-0.2, 0) is 24.2 Å². The lowest BCUT2D eigenvalue weighted by Crippen LogP contribution is -2.36. The van der Waals surface area contributed by atoms with Gasteiger partial charge in [-0.1, -0.05) is 24.3 Å². The summed E-state index contributed by atoms with van der Waals surface area (Å²) in [6.07, 6.45) is 0.962. The van der Waals surface area contributed by atoms with Crippen molar-refractivity contribution in [1.82, 2.24) is 20.2 Å². The molecule has 2 amide bonds. The SMILES string of the molecule is COc1ccc2c(c1O)CCN(C(=O)c1nc(CCNC(C)=O)nc3ccccc13)C2. The summed E-state index contributed by atoms with van der Waals surface area (Å²) in [5, 5.41) is 13.8. The molecule has 0 unspecified atom stereocenters. The number of fused-ring (bicyclic) bond motifs is 2. The highest BCUT2D eigenvalue weighted by molar-refractivity contribution is 6.04. The van der Waals surface area contributed by atoms with E-state index >= 15 is 0 Å². The Morgan fingerprint density at radius 1 is 1.19 bits per heavy atom. The highest BCUT2D eigenvalue weighted by atomic mass is 16.5. The van der Waals surface area contributed by atoms with Crippen molar-refractivity contribution in [3.63, 3.8) is 0 Å². The Morgan fingerprint density at radius 3 is 2.77 bits per heavy atom. The predicted octanol–water partition coefficient (Wildman–Crippen LogP) is 2.22. The third-order valence-corrected chi connectivity index (χ3v) is 5.42. The second-order valence-corrected chi connectivity index (χ2v) is 7.47. The Bertz CT molecular complexity index is 1160. The van der Waals surface area contributed by atoms with Gasteiger partial charge in [0.2, 0.25) is 5.91 Å². The van der Waals surface area contributed by atoms with Crippen LogP contribution in [0.15, 0.2) is 36.4 Å². The standard InChI is InChI=1S/C23H24N4O4/c1-14(28)24-11-9-20-25-18-6-4-3-5-17(18)21(26-20)23(30)27-12-10-16-15(13-27)7-8-19(31-2)22(16)29/h3-8,29H,9-13H2,1-2H3,(H,24,28). The molecule has 8 heteroatoms. The number of phenolic OH excluding ortho intramolecular Hbond substituents is 1. The van der Waals surface area contributed by atoms with E-state index in [0.717, 1.165) is 11.1 Å². The molecule has 4 rings (SSSR count). The summed E-state index contributed by atoms with van der Waals surface area (Å²) in [7, 11) is 1.52. The first-order valence-electron chi connectivity index (χ1n) is 10.1. The number of ether oxygens (including phenoxy) is 1. The smallest absolute Gasteiger partial charge is 0.273 e. The molecule has 0 saturated heterocycles. The lowest BCUT2D eigenvalue weighted by Gasteiger charge is -2.29. The summed E-state index contributed by atoms with van der Waals surface area (Å²) in [4.78, 5) is 35.4. The van der Waals surface area contributed by atoms with Gasteiger partial charge in [-0.2, -0.15) is 0 Å². The monoisotopic (exact) mass is 420 g/mol. The summed E-state index contributed by atoms with van der Waals surface area (Å²) >= 11 is 0. The summed E-state index contributed by atoms with van der Waals surface area (Å²) in [6, 6.07) is 11.0. The van der Waals surface area contributed by atoms with Gasteiger partial charge < -0.3 is 20.1 Å². The van der Waals surface area contributed by atoms with Gasteiger partial charge in [0.1, 0.15) is 11.5 Å². The second-order valence-electron chi connectivity index (χ2n) is 7.47. The fraction of sp³-hybridized carbons (Fsp3) is 0.304. The van der Waals surface area contributed by atoms with Crippen LogP contribution in [0.2, 0.25) is 0 Å². The number of carbonyl (C=O) groups is 2. The van der Waals surface area contributed by atoms with Crippen molar-refractivity contribution in [3.05, 3.63) is 59.0 Å². The first kappa shape index (κ1) is 20.6. The van der Waals surface area contributed by atoms with Crippen LogP contribution in [0.1, 0.15) is 34.4 Å². The molecule has 1 aliphatic rings. The molecule has 1 aliphatic heterocycles. The van der Waals surface area contributed by atoms with E-state index in [1.54, 1.807) is 11.0 Å². The number of methoxy groups -OCH3 is 1. The van der Waals surface area contributed by atoms with Crippen LogP contribution in [0.5, 0.6) is 11.5 Å². The van der Waals surface area contributed by atoms with Gasteiger partial charge in [0, 0.05) is 43.9 Å². The Hall–Kier alpha value is -3.68. The number of hydrogen-bond acceptors (Lipinski definition) is 6. The first-order chi connectivity index (χ1) is 15.0. The molecule has 2 N–H and O–H groups in total. The number of nitrogens with zero attached hydrogens (tertiary/aromatic N) is 3. The number of aromatic nitrogens is 2. The normalized spacial score (nSPS) is 13.0. The number of para-hydroxylation sites is 1. The van der Waals surface area contributed by atoms with Crippen LogP contribution >= 0.6 is 0 Å². The third kappa shape index (κ3) is 4.14. The fourth-order valence-corrected chi connectivity index (χ4v) is 3.85. The Balaban J connectivity index is 1.64. The highest BCUT2D eigenvalue weighted by Crippen LogP contribution is 2.35. The van der Waals surface area contributed by atoms with Crippen molar-refractivity contribution in [2.24, 2.45) is 0 Å². The molecule has 2 heterocycles. The largest absolute Gasteiger partial charge is 0.504 e. The first-order valence-corrected chi connectivity index (χ1v) is 10.1. The van der Waals surface area contributed by atoms with Gasteiger partial charge in [-0.05, 0) is 24.1 Å². The molecule has 0 aliphatic carbocycles. The number of phenols is 1. The number of nitrogens with one attached hydrogen (secondary N) is 1. The van der Waals surface area contributed by atoms with Gasteiger partial charge in [0.05, 0.1) is 12.6 Å². The maximum absolute atomic E-state index is 13.4. The molecule has 3 aromatic rings. The third-order valence-electron chi connectivity index (χ3n) is 5.42. The zero-order valence-corrected chi connectivity index (χ0v) is 17.5. The van der Waals surface area contributed by atoms with E-state index < -0.39 is 0 Å². The number of rotatable bonds is 5. The quantitative estimate of drug-likeness (QED) is 0.656. The van der Waals surface area contributed by atoms with E-state index in [1.807, 2.05) is 30.3 Å². The van der Waals surface area contributed by atoms with Crippen LogP contribution < -0.4 is 10.1 Å². The minimum Gasteiger partial charge on any atom is -0.504 e. The van der Waals surface area contributed by atoms with Gasteiger partial charge in [-0.15, -0.1) is 0 Å². The molecular formula is C23H24N4O4. The van der Waals surface area contributed by atoms with Gasteiger partial charge >= 0.3 is 0 Å². The molecule has 1 aromatic heterocycles. The molecule has 0 radical (unpaired) electrons. The van der Waals surface area contributed by atoms with E-state index in [1.165, 1.54) is 14.0 Å². The highest BCUT2D eigenvalue weighted by Gasteiger charge is 2.27. The van der Waals surface area contributed by atoms with E-state index in [4.69, 9.17) is 4.74 Å². The number of aromatic hydroxyl groups is 1. The molecular weight excluding hydrogens is 396 g/mol. The van der Waals surface area contributed by atoms with Gasteiger partial charge in [0.15, 0.2) is 11.5 Å². The fourth-order valence-electron chi connectivity index (χ4n) is 3.85. The average molecular weight is 420 g/mol. The van der Waals surface area contributed by atoms with E-state index in [-0.39, 0.29) is 17.6 Å². The zero-order valence-electron chi connectivity index (χ0n) is 17.5. The number of hydrogen-bond donors (Lipinski definition) is 2. The van der Waals surface area contributed by atoms with Crippen LogP contribution in [0.4, 0.5) is 0 Å². The second kappa shape index (κ2) is 8.59. The van der Waals surface area contributed by atoms with Crippen LogP contribution in [0.3, 0.4) is 0 Å². The molecule has 2 aromatic carbocycles. The van der Waals surface area contributed by atoms with Crippen molar-refractivity contribution in [2.75, 3.05) is 20.2 Å². The molecule has 0 saturated carbocycles. The van der Waals surface area contributed by atoms with Gasteiger partial charge in [0.25, 0.3) is 5.91 Å². The van der Waals surface area contributed by atoms with E-state index in [9.17, 15) is 14.7 Å². The van der Waals surface area contributed by atoms with Crippen molar-refractivity contribution in [3.8, 4) is 11.5 Å². The van der Waals surface area contributed by atoms with Gasteiger partial charge in [-0.25, -0.2) is 9.97 Å². The van der Waals surface area contributed by atoms with Crippen LogP contribution in [0, 0.1) is 0 Å². The van der Waals surface area contributed by atoms with Crippen molar-refractivity contribution in [2.45, 2.75) is 26.3 Å². The van der Waals surface area contributed by atoms with Crippen molar-refractivity contribution >= 4 is 22.7 Å². The summed E-state index contributed by atoms with van der Waals surface area (Å²) in [5.41, 5.74) is 2.75. The summed E-state index contributed by atoms with van der Waals surface area (Å²) in [6.45, 7) is 2.70. The maximum Gasteiger partial charge on any atom is 0.273 e. The van der Waals surface area contributed by atoms with E-state index in [0.29, 0.717) is 60.6 Å². The zero-order chi connectivity index (χ0) is 22.0. The Morgan fingerprint density at radius 2 is 2.00 bits per heavy atom. The lowest BCUT2D eigenvalue weighted by molar-refractivity contribution is -0.118. The maximum atomic E-state index is 13.4. The minimum absolute atomic E-state index is 0.121. The molecule has 31 heavy (non-hydrogen) atoms. The van der Waals surface area contributed by atoms with Crippen LogP contribution in [0.25, 0.3) is 10.9 Å². The van der Waals surface area contributed by atoms with E-state index in [2.05, 4.69) is 15.3 Å². The summed E-state index contributed by atoms with van der Waals surface area (Å²) < 4.78 is 5.19. The van der Waals surface area contributed by atoms with Crippen molar-refractivity contribution in [1.29, 1.82) is 0 Å². The average Bonchev–Trinajstić information content (AvgIpc) is 2.78. The predicted molar refractivity (Wildman–Crippen MR) is 115 cm³/mol. The minimum atomic E-state index is -0.180. The Labute approximate surface area is 179 Å². The molecule has 8 nitrogen and oxygen atoms in total. The number of amides is 2.